The van der Waals surface area contributed by atoms with Gasteiger partial charge in [-0.05, 0) is 132 Å². The minimum atomic E-state index is -1.40. The number of hydrogen-bond donors (Lipinski definition) is 0. The van der Waals surface area contributed by atoms with Crippen molar-refractivity contribution in [1.82, 2.24) is 0 Å². The van der Waals surface area contributed by atoms with Crippen LogP contribution in [0.4, 0.5) is 0 Å². The van der Waals surface area contributed by atoms with Gasteiger partial charge in [0.05, 0.1) is 36.7 Å². The van der Waals surface area contributed by atoms with Crippen LogP contribution in [0.15, 0.2) is 231 Å². The Labute approximate surface area is 428 Å². The molecule has 0 aliphatic rings. The number of ether oxygens (including phenoxy) is 5. The van der Waals surface area contributed by atoms with Gasteiger partial charge in [-0.3, -0.25) is 9.59 Å². The fraction of sp³-hybridized carbons (Fsp3) is 0.0938. The van der Waals surface area contributed by atoms with E-state index in [2.05, 4.69) is 48.5 Å². The normalized spacial score (nSPS) is 12.1. The molecule has 2 atom stereocenters. The third-order valence-electron chi connectivity index (χ3n) is 12.9. The Morgan fingerprint density at radius 3 is 1.01 bits per heavy atom. The van der Waals surface area contributed by atoms with Gasteiger partial charge in [-0.25, -0.2) is 0 Å². The summed E-state index contributed by atoms with van der Waals surface area (Å²) >= 11 is 0. The summed E-state index contributed by atoms with van der Waals surface area (Å²) in [5, 5.41) is 9.60. The molecule has 7 nitrogen and oxygen atoms in total. The molecule has 73 heavy (non-hydrogen) atoms. The second kappa shape index (κ2) is 22.1. The molecule has 0 unspecified atom stereocenters. The smallest absolute Gasteiger partial charge is 0.318 e. The second-order valence-electron chi connectivity index (χ2n) is 17.6. The molecule has 10 aromatic rings. The molecule has 9 heteroatoms. The van der Waals surface area contributed by atoms with Gasteiger partial charge in [-0.2, -0.15) is 0 Å². The molecule has 0 saturated heterocycles. The van der Waals surface area contributed by atoms with Crippen LogP contribution in [0.1, 0.15) is 36.8 Å². The maximum Gasteiger partial charge on any atom is 0.318 e. The van der Waals surface area contributed by atoms with Crippen LogP contribution in [0.5, 0.6) is 34.5 Å². The highest BCUT2D eigenvalue weighted by atomic mass is 31.1. The average molecular weight is 995 g/mol. The van der Waals surface area contributed by atoms with Crippen LogP contribution in [-0.4, -0.2) is 26.2 Å². The summed E-state index contributed by atoms with van der Waals surface area (Å²) in [5.74, 6) is 1.27. The molecule has 0 fully saturated rings. The van der Waals surface area contributed by atoms with Crippen molar-refractivity contribution in [2.45, 2.75) is 25.7 Å². The Kier molecular flexibility index (Phi) is 14.7. The molecule has 0 heterocycles. The Morgan fingerprint density at radius 2 is 0.671 bits per heavy atom. The quantitative estimate of drug-likeness (QED) is 0.0542. The van der Waals surface area contributed by atoms with E-state index in [1.807, 2.05) is 196 Å². The molecule has 0 aromatic heterocycles. The summed E-state index contributed by atoms with van der Waals surface area (Å²) in [7, 11) is 0.496. The maximum atomic E-state index is 14.6. The number of carbonyl (C=O) groups excluding carboxylic acids is 2. The number of carbonyl (C=O) groups is 2. The van der Waals surface area contributed by atoms with E-state index in [4.69, 9.17) is 23.7 Å². The zero-order valence-corrected chi connectivity index (χ0v) is 42.6. The van der Waals surface area contributed by atoms with Crippen LogP contribution in [0.2, 0.25) is 0 Å². The molecule has 0 spiro atoms. The van der Waals surface area contributed by atoms with Crippen molar-refractivity contribution in [2.75, 3.05) is 14.2 Å². The number of benzene rings is 10. The lowest BCUT2D eigenvalue weighted by molar-refractivity contribution is -0.136. The van der Waals surface area contributed by atoms with E-state index in [1.165, 1.54) is 0 Å². The Bertz CT molecular complexity index is 3240. The first-order valence-corrected chi connectivity index (χ1v) is 26.8. The van der Waals surface area contributed by atoms with Crippen LogP contribution in [0.25, 0.3) is 21.5 Å². The second-order valence-corrected chi connectivity index (χ2v) is 21.9. The van der Waals surface area contributed by atoms with E-state index in [-0.39, 0.29) is 0 Å². The summed E-state index contributed by atoms with van der Waals surface area (Å²) in [6.07, 6.45) is 0. The van der Waals surface area contributed by atoms with Crippen molar-refractivity contribution >= 4 is 81.2 Å². The van der Waals surface area contributed by atoms with E-state index in [9.17, 15) is 9.59 Å². The van der Waals surface area contributed by atoms with Gasteiger partial charge in [-0.1, -0.05) is 182 Å². The molecule has 0 N–H and O–H groups in total. The minimum absolute atomic E-state index is 0.388. The maximum absolute atomic E-state index is 14.6. The summed E-state index contributed by atoms with van der Waals surface area (Å²) in [6.45, 7) is 3.74. The van der Waals surface area contributed by atoms with E-state index < -0.39 is 39.6 Å². The monoisotopic (exact) mass is 994 g/mol. The van der Waals surface area contributed by atoms with Crippen LogP contribution in [0, 0.1) is 0 Å². The van der Waals surface area contributed by atoms with Gasteiger partial charge in [0.15, 0.2) is 0 Å². The molecular weight excluding hydrogens is 943 g/mol. The van der Waals surface area contributed by atoms with Crippen LogP contribution >= 0.6 is 15.8 Å². The molecule has 0 radical (unpaired) electrons. The van der Waals surface area contributed by atoms with Crippen LogP contribution in [-0.2, 0) is 9.59 Å². The number of hydrogen-bond acceptors (Lipinski definition) is 7. The first-order valence-electron chi connectivity index (χ1n) is 24.1. The fourth-order valence-corrected chi connectivity index (χ4v) is 13.8. The van der Waals surface area contributed by atoms with E-state index in [1.54, 1.807) is 14.2 Å². The van der Waals surface area contributed by atoms with Crippen LogP contribution < -0.4 is 55.5 Å². The molecule has 360 valence electrons. The largest absolute Gasteiger partial charge is 0.497 e. The highest BCUT2D eigenvalue weighted by Gasteiger charge is 2.32. The van der Waals surface area contributed by atoms with Crippen molar-refractivity contribution in [3.8, 4) is 34.5 Å². The summed E-state index contributed by atoms with van der Waals surface area (Å²) in [4.78, 5) is 29.2. The molecular formula is C64H52O7P2. The Hall–Kier alpha value is -8.08. The van der Waals surface area contributed by atoms with Gasteiger partial charge in [0.2, 0.25) is 0 Å². The Morgan fingerprint density at radius 1 is 0.356 bits per heavy atom. The summed E-state index contributed by atoms with van der Waals surface area (Å²) in [5.41, 5.74) is 1.65. The lowest BCUT2D eigenvalue weighted by Crippen LogP contribution is -2.28. The topological polar surface area (TPSA) is 80.3 Å². The van der Waals surface area contributed by atoms with Crippen LogP contribution in [0.3, 0.4) is 0 Å². The highest BCUT2D eigenvalue weighted by Crippen LogP contribution is 2.46. The zero-order valence-electron chi connectivity index (χ0n) is 40.8. The number of esters is 2. The summed E-state index contributed by atoms with van der Waals surface area (Å²) < 4.78 is 31.5. The number of methoxy groups -OCH3 is 2. The van der Waals surface area contributed by atoms with E-state index in [0.29, 0.717) is 23.0 Å². The van der Waals surface area contributed by atoms with Gasteiger partial charge < -0.3 is 23.7 Å². The molecule has 0 bridgehead atoms. The SMILES string of the molecule is COc1ccc2cc([C@H](C)C(=O)Oc3cccc(Oc4cccc(OC(=O)[C@@H](C)c5ccc6cc(OC)ccc6c5)c4P(c4ccccc4)c4ccccc4)c3P(c3ccccc3)c3ccccc3)ccc2c1. The van der Waals surface area contributed by atoms with Crippen molar-refractivity contribution in [3.05, 3.63) is 242 Å². The molecule has 0 saturated carbocycles. The third-order valence-corrected chi connectivity index (χ3v) is 18.0. The van der Waals surface area contributed by atoms with Gasteiger partial charge in [0.1, 0.15) is 34.5 Å². The zero-order chi connectivity index (χ0) is 50.3. The Balaban J connectivity index is 1.10. The van der Waals surface area contributed by atoms with Crippen molar-refractivity contribution in [3.63, 3.8) is 0 Å². The van der Waals surface area contributed by atoms with Crippen molar-refractivity contribution < 1.29 is 33.3 Å². The predicted octanol–water partition coefficient (Wildman–Crippen LogP) is 12.7. The van der Waals surface area contributed by atoms with Crippen molar-refractivity contribution in [2.24, 2.45) is 0 Å². The first-order chi connectivity index (χ1) is 35.8. The van der Waals surface area contributed by atoms with Gasteiger partial charge in [0.25, 0.3) is 0 Å². The van der Waals surface area contributed by atoms with E-state index >= 15 is 0 Å². The van der Waals surface area contributed by atoms with Crippen molar-refractivity contribution in [1.29, 1.82) is 0 Å². The summed E-state index contributed by atoms with van der Waals surface area (Å²) in [6, 6.07) is 76.2. The lowest BCUT2D eigenvalue weighted by Gasteiger charge is -2.27. The molecule has 10 rings (SSSR count). The first kappa shape index (κ1) is 48.5. The molecule has 0 aliphatic carbocycles. The van der Waals surface area contributed by atoms with Gasteiger partial charge >= 0.3 is 11.9 Å². The number of rotatable bonds is 16. The third kappa shape index (κ3) is 10.6. The fourth-order valence-electron chi connectivity index (χ4n) is 8.96. The minimum Gasteiger partial charge on any atom is -0.497 e. The lowest BCUT2D eigenvalue weighted by atomic mass is 9.98. The average Bonchev–Trinajstić information content (AvgIpc) is 3.44. The molecule has 0 amide bonds. The van der Waals surface area contributed by atoms with Gasteiger partial charge in [-0.15, -0.1) is 0 Å². The highest BCUT2D eigenvalue weighted by molar-refractivity contribution is 7.80. The van der Waals surface area contributed by atoms with E-state index in [0.717, 1.165) is 76.0 Å². The standard InChI is InChI=1S/C64H52O7P2/c1-43(45-31-33-49-41-51(67-3)37-35-47(49)39-45)63(65)70-59-29-17-27-57(61(59)72(53-19-9-5-10-20-53)54-21-11-6-12-22-54)69-58-28-18-30-60(62(58)73(55-23-13-7-14-24-55)56-25-15-8-16-26-56)71-64(66)44(2)46-32-34-50-42-52(68-4)38-36-48(50)40-46/h5-44H,1-4H3/t43-,44-/m0/s1. The molecule has 0 aliphatic heterocycles. The number of fused-ring (bicyclic) bond motifs is 2. The molecule has 10 aromatic carbocycles. The van der Waals surface area contributed by atoms with Gasteiger partial charge in [0, 0.05) is 0 Å². The predicted molar refractivity (Wildman–Crippen MR) is 299 cm³/mol.